The molecule has 2 aromatic carbocycles. The van der Waals surface area contributed by atoms with Crippen molar-refractivity contribution in [2.75, 3.05) is 26.7 Å². The number of benzene rings is 2. The lowest BCUT2D eigenvalue weighted by Gasteiger charge is -2.16. The highest BCUT2D eigenvalue weighted by Crippen LogP contribution is 2.26. The number of hydrogen-bond acceptors (Lipinski definition) is 3. The molecule has 1 saturated heterocycles. The minimum absolute atomic E-state index is 0. The molecule has 0 spiro atoms. The van der Waals surface area contributed by atoms with E-state index in [9.17, 15) is 9.18 Å². The van der Waals surface area contributed by atoms with Crippen LogP contribution in [0.4, 0.5) is 4.39 Å². The third kappa shape index (κ3) is 4.89. The standard InChI is InChI=1S/C23H25FN4O.ClH/c1-25-14-17-11-12-27(15-17)22(29)13-19-16-28(21-5-3-2-4-6-21)26-23(19)18-7-9-20(24)10-8-18;/h2-10,16-17,25H,11-15H2,1H3;1H. The molecule has 1 aliphatic rings. The van der Waals surface area contributed by atoms with Crippen LogP contribution in [0.1, 0.15) is 12.0 Å². The third-order valence-electron chi connectivity index (χ3n) is 5.40. The summed E-state index contributed by atoms with van der Waals surface area (Å²) in [6, 6.07) is 16.0. The van der Waals surface area contributed by atoms with Crippen molar-refractivity contribution in [2.45, 2.75) is 12.8 Å². The summed E-state index contributed by atoms with van der Waals surface area (Å²) < 4.78 is 15.2. The number of likely N-dealkylation sites (tertiary alicyclic amines) is 1. The van der Waals surface area contributed by atoms with E-state index in [0.717, 1.165) is 42.9 Å². The van der Waals surface area contributed by atoms with E-state index in [0.29, 0.717) is 11.6 Å². The summed E-state index contributed by atoms with van der Waals surface area (Å²) in [5.41, 5.74) is 3.29. The molecule has 1 unspecified atom stereocenters. The lowest BCUT2D eigenvalue weighted by molar-refractivity contribution is -0.129. The van der Waals surface area contributed by atoms with Crippen LogP contribution in [0.15, 0.2) is 60.8 Å². The molecule has 0 radical (unpaired) electrons. The van der Waals surface area contributed by atoms with Crippen molar-refractivity contribution >= 4 is 18.3 Å². The van der Waals surface area contributed by atoms with Gasteiger partial charge in [0.05, 0.1) is 17.8 Å². The maximum Gasteiger partial charge on any atom is 0.227 e. The van der Waals surface area contributed by atoms with Crippen molar-refractivity contribution in [1.29, 1.82) is 0 Å². The average molecular weight is 429 g/mol. The minimum Gasteiger partial charge on any atom is -0.342 e. The Hall–Kier alpha value is -2.70. The smallest absolute Gasteiger partial charge is 0.227 e. The molecule has 1 aromatic heterocycles. The highest BCUT2D eigenvalue weighted by molar-refractivity contribution is 5.85. The zero-order valence-corrected chi connectivity index (χ0v) is 17.7. The van der Waals surface area contributed by atoms with Gasteiger partial charge in [-0.05, 0) is 62.3 Å². The predicted octanol–water partition coefficient (Wildman–Crippen LogP) is 3.71. The monoisotopic (exact) mass is 428 g/mol. The molecule has 1 aliphatic heterocycles. The molecule has 0 aliphatic carbocycles. The van der Waals surface area contributed by atoms with Crippen molar-refractivity contribution < 1.29 is 9.18 Å². The summed E-state index contributed by atoms with van der Waals surface area (Å²) in [6.45, 7) is 2.51. The molecule has 0 bridgehead atoms. The number of aromatic nitrogens is 2. The molecule has 30 heavy (non-hydrogen) atoms. The molecular formula is C23H26ClFN4O. The quantitative estimate of drug-likeness (QED) is 0.651. The summed E-state index contributed by atoms with van der Waals surface area (Å²) in [5, 5.41) is 7.91. The largest absolute Gasteiger partial charge is 0.342 e. The van der Waals surface area contributed by atoms with E-state index in [1.165, 1.54) is 12.1 Å². The first-order valence-electron chi connectivity index (χ1n) is 9.96. The summed E-state index contributed by atoms with van der Waals surface area (Å²) in [7, 11) is 1.94. The molecule has 1 fully saturated rings. The number of hydrogen-bond donors (Lipinski definition) is 1. The van der Waals surface area contributed by atoms with Crippen molar-refractivity contribution in [3.05, 3.63) is 72.2 Å². The highest BCUT2D eigenvalue weighted by Gasteiger charge is 2.27. The van der Waals surface area contributed by atoms with Crippen LogP contribution in [-0.2, 0) is 11.2 Å². The van der Waals surface area contributed by atoms with Crippen LogP contribution in [0.3, 0.4) is 0 Å². The van der Waals surface area contributed by atoms with Crippen LogP contribution >= 0.6 is 12.4 Å². The highest BCUT2D eigenvalue weighted by atomic mass is 35.5. The summed E-state index contributed by atoms with van der Waals surface area (Å²) in [5.74, 6) is 0.327. The average Bonchev–Trinajstić information content (AvgIpc) is 3.37. The number of nitrogens with zero attached hydrogens (tertiary/aromatic N) is 3. The van der Waals surface area contributed by atoms with E-state index in [1.54, 1.807) is 16.8 Å². The summed E-state index contributed by atoms with van der Waals surface area (Å²) >= 11 is 0. The van der Waals surface area contributed by atoms with Gasteiger partial charge in [0.15, 0.2) is 0 Å². The lowest BCUT2D eigenvalue weighted by Crippen LogP contribution is -2.31. The molecule has 158 valence electrons. The topological polar surface area (TPSA) is 50.2 Å². The number of halogens is 2. The molecule has 1 atom stereocenters. The molecular weight excluding hydrogens is 403 g/mol. The van der Waals surface area contributed by atoms with E-state index in [4.69, 9.17) is 5.10 Å². The van der Waals surface area contributed by atoms with Crippen molar-refractivity contribution in [1.82, 2.24) is 20.0 Å². The second-order valence-corrected chi connectivity index (χ2v) is 7.52. The Morgan fingerprint density at radius 3 is 2.60 bits per heavy atom. The fraction of sp³-hybridized carbons (Fsp3) is 0.304. The number of carbonyl (C=O) groups is 1. The Morgan fingerprint density at radius 1 is 1.17 bits per heavy atom. The molecule has 7 heteroatoms. The van der Waals surface area contributed by atoms with E-state index < -0.39 is 0 Å². The van der Waals surface area contributed by atoms with Crippen LogP contribution in [0.2, 0.25) is 0 Å². The Morgan fingerprint density at radius 2 is 1.90 bits per heavy atom. The fourth-order valence-corrected chi connectivity index (χ4v) is 3.89. The molecule has 0 saturated carbocycles. The van der Waals surface area contributed by atoms with Crippen molar-refractivity contribution in [2.24, 2.45) is 5.92 Å². The van der Waals surface area contributed by atoms with E-state index in [-0.39, 0.29) is 30.6 Å². The Kier molecular flexibility index (Phi) is 7.24. The lowest BCUT2D eigenvalue weighted by atomic mass is 10.1. The number of carbonyl (C=O) groups excluding carboxylic acids is 1. The number of amides is 1. The van der Waals surface area contributed by atoms with Gasteiger partial charge in [-0.15, -0.1) is 12.4 Å². The summed E-state index contributed by atoms with van der Waals surface area (Å²) in [4.78, 5) is 14.9. The van der Waals surface area contributed by atoms with Gasteiger partial charge in [-0.3, -0.25) is 4.79 Å². The fourth-order valence-electron chi connectivity index (χ4n) is 3.89. The van der Waals surface area contributed by atoms with Gasteiger partial charge >= 0.3 is 0 Å². The molecule has 2 heterocycles. The van der Waals surface area contributed by atoms with Crippen molar-refractivity contribution in [3.63, 3.8) is 0 Å². The first kappa shape index (κ1) is 22.0. The van der Waals surface area contributed by atoms with Gasteiger partial charge in [0.2, 0.25) is 5.91 Å². The van der Waals surface area contributed by atoms with Gasteiger partial charge in [-0.2, -0.15) is 5.10 Å². The number of rotatable bonds is 6. The number of nitrogens with one attached hydrogen (secondary N) is 1. The third-order valence-corrected chi connectivity index (χ3v) is 5.40. The van der Waals surface area contributed by atoms with Crippen LogP contribution in [0.25, 0.3) is 16.9 Å². The van der Waals surface area contributed by atoms with Crippen LogP contribution < -0.4 is 5.32 Å². The van der Waals surface area contributed by atoms with Gasteiger partial charge in [0.1, 0.15) is 5.82 Å². The zero-order valence-electron chi connectivity index (χ0n) is 16.9. The van der Waals surface area contributed by atoms with E-state index in [1.807, 2.05) is 48.5 Å². The Bertz CT molecular complexity index is 975. The van der Waals surface area contributed by atoms with Crippen molar-refractivity contribution in [3.8, 4) is 16.9 Å². The SMILES string of the molecule is CNCC1CCN(C(=O)Cc2cn(-c3ccccc3)nc2-c2ccc(F)cc2)C1.Cl. The predicted molar refractivity (Wildman–Crippen MR) is 119 cm³/mol. The maximum atomic E-state index is 13.4. The van der Waals surface area contributed by atoms with Gasteiger partial charge in [0, 0.05) is 30.4 Å². The Labute approximate surface area is 182 Å². The zero-order chi connectivity index (χ0) is 20.2. The molecule has 3 aromatic rings. The first-order chi connectivity index (χ1) is 14.1. The summed E-state index contributed by atoms with van der Waals surface area (Å²) in [6.07, 6.45) is 3.22. The molecule has 4 rings (SSSR count). The van der Waals surface area contributed by atoms with Gasteiger partial charge in [0.25, 0.3) is 0 Å². The van der Waals surface area contributed by atoms with Gasteiger partial charge < -0.3 is 10.2 Å². The maximum absolute atomic E-state index is 13.4. The van der Waals surface area contributed by atoms with Crippen LogP contribution in [0, 0.1) is 11.7 Å². The van der Waals surface area contributed by atoms with Crippen LogP contribution in [-0.4, -0.2) is 47.3 Å². The molecule has 1 amide bonds. The normalized spacial score (nSPS) is 15.8. The van der Waals surface area contributed by atoms with Gasteiger partial charge in [-0.1, -0.05) is 18.2 Å². The van der Waals surface area contributed by atoms with E-state index in [2.05, 4.69) is 5.32 Å². The Balaban J connectivity index is 0.00000256. The minimum atomic E-state index is -0.290. The molecule has 1 N–H and O–H groups in total. The second-order valence-electron chi connectivity index (χ2n) is 7.52. The second kappa shape index (κ2) is 9.87. The number of para-hydroxylation sites is 1. The van der Waals surface area contributed by atoms with E-state index >= 15 is 0 Å². The van der Waals surface area contributed by atoms with Crippen LogP contribution in [0.5, 0.6) is 0 Å². The molecule has 5 nitrogen and oxygen atoms in total. The van der Waals surface area contributed by atoms with Gasteiger partial charge in [-0.25, -0.2) is 9.07 Å². The first-order valence-corrected chi connectivity index (χ1v) is 9.96.